The van der Waals surface area contributed by atoms with Gasteiger partial charge in [-0.1, -0.05) is 11.6 Å². The molecule has 0 aliphatic carbocycles. The molecule has 136 valence electrons. The summed E-state index contributed by atoms with van der Waals surface area (Å²) in [5, 5.41) is 0. The SMILES string of the molecule is CN(C)CCCn1ccnc1[C@H]1CCCN(C(=O)c2ccc(Cl)s2)C1. The summed E-state index contributed by atoms with van der Waals surface area (Å²) in [7, 11) is 4.19. The number of carbonyl (C=O) groups is 1. The van der Waals surface area contributed by atoms with Crippen LogP contribution in [-0.4, -0.2) is 59.0 Å². The van der Waals surface area contributed by atoms with E-state index in [9.17, 15) is 4.79 Å². The zero-order chi connectivity index (χ0) is 17.8. The molecule has 25 heavy (non-hydrogen) atoms. The number of halogens is 1. The summed E-state index contributed by atoms with van der Waals surface area (Å²) < 4.78 is 2.91. The molecule has 1 amide bonds. The second-order valence-electron chi connectivity index (χ2n) is 6.83. The van der Waals surface area contributed by atoms with Crippen molar-refractivity contribution in [3.05, 3.63) is 39.6 Å². The van der Waals surface area contributed by atoms with Crippen LogP contribution >= 0.6 is 22.9 Å². The third-order valence-corrected chi connectivity index (χ3v) is 5.83. The lowest BCUT2D eigenvalue weighted by Gasteiger charge is -2.32. The Morgan fingerprint density at radius 1 is 1.44 bits per heavy atom. The van der Waals surface area contributed by atoms with Crippen LogP contribution in [0.5, 0.6) is 0 Å². The highest BCUT2D eigenvalue weighted by atomic mass is 35.5. The minimum absolute atomic E-state index is 0.0901. The van der Waals surface area contributed by atoms with Crippen molar-refractivity contribution in [2.75, 3.05) is 33.7 Å². The molecule has 0 radical (unpaired) electrons. The number of imidazole rings is 1. The van der Waals surface area contributed by atoms with Gasteiger partial charge in [-0.2, -0.15) is 0 Å². The van der Waals surface area contributed by atoms with Crippen molar-refractivity contribution < 1.29 is 4.79 Å². The lowest BCUT2D eigenvalue weighted by atomic mass is 9.97. The number of hydrogen-bond acceptors (Lipinski definition) is 4. The van der Waals surface area contributed by atoms with E-state index in [1.54, 1.807) is 6.07 Å². The molecule has 1 fully saturated rings. The minimum atomic E-state index is 0.0901. The minimum Gasteiger partial charge on any atom is -0.337 e. The van der Waals surface area contributed by atoms with Crippen LogP contribution in [0.3, 0.4) is 0 Å². The first-order valence-electron chi connectivity index (χ1n) is 8.75. The fourth-order valence-corrected chi connectivity index (χ4v) is 4.40. The normalized spacial score (nSPS) is 18.1. The number of aryl methyl sites for hydroxylation is 1. The molecule has 0 N–H and O–H groups in total. The Morgan fingerprint density at radius 2 is 2.28 bits per heavy atom. The van der Waals surface area contributed by atoms with Gasteiger partial charge in [0.05, 0.1) is 9.21 Å². The van der Waals surface area contributed by atoms with Crippen LogP contribution in [0.15, 0.2) is 24.5 Å². The van der Waals surface area contributed by atoms with Crippen LogP contribution in [0, 0.1) is 0 Å². The second kappa shape index (κ2) is 8.34. The highest BCUT2D eigenvalue weighted by Crippen LogP contribution is 2.29. The molecule has 0 saturated carbocycles. The summed E-state index contributed by atoms with van der Waals surface area (Å²) in [6.45, 7) is 3.58. The van der Waals surface area contributed by atoms with Gasteiger partial charge in [0.15, 0.2) is 0 Å². The van der Waals surface area contributed by atoms with Crippen molar-refractivity contribution in [2.45, 2.75) is 31.7 Å². The van der Waals surface area contributed by atoms with E-state index in [4.69, 9.17) is 11.6 Å². The van der Waals surface area contributed by atoms with Crippen molar-refractivity contribution >= 4 is 28.8 Å². The largest absolute Gasteiger partial charge is 0.337 e. The van der Waals surface area contributed by atoms with E-state index in [-0.39, 0.29) is 5.91 Å². The molecule has 1 saturated heterocycles. The first-order valence-corrected chi connectivity index (χ1v) is 9.94. The van der Waals surface area contributed by atoms with E-state index in [1.807, 2.05) is 17.2 Å². The Hall–Kier alpha value is -1.37. The Morgan fingerprint density at radius 3 is 3.00 bits per heavy atom. The van der Waals surface area contributed by atoms with Gasteiger partial charge in [-0.25, -0.2) is 4.98 Å². The third kappa shape index (κ3) is 4.63. The molecular formula is C18H25ClN4OS. The highest BCUT2D eigenvalue weighted by molar-refractivity contribution is 7.17. The molecule has 7 heteroatoms. The van der Waals surface area contributed by atoms with Gasteiger partial charge < -0.3 is 14.4 Å². The Bertz CT molecular complexity index is 712. The number of carbonyl (C=O) groups excluding carboxylic acids is 1. The fourth-order valence-electron chi connectivity index (χ4n) is 3.38. The van der Waals surface area contributed by atoms with E-state index in [0.29, 0.717) is 10.3 Å². The monoisotopic (exact) mass is 380 g/mol. The maximum absolute atomic E-state index is 12.7. The molecule has 0 aromatic carbocycles. The maximum atomic E-state index is 12.7. The molecule has 3 heterocycles. The molecule has 1 aliphatic heterocycles. The molecule has 2 aromatic heterocycles. The number of amides is 1. The maximum Gasteiger partial charge on any atom is 0.263 e. The van der Waals surface area contributed by atoms with Crippen LogP contribution in [0.2, 0.25) is 4.34 Å². The van der Waals surface area contributed by atoms with Crippen molar-refractivity contribution in [1.29, 1.82) is 0 Å². The molecule has 0 bridgehead atoms. The smallest absolute Gasteiger partial charge is 0.263 e. The first kappa shape index (κ1) is 18.4. The highest BCUT2D eigenvalue weighted by Gasteiger charge is 2.28. The number of thiophene rings is 1. The van der Waals surface area contributed by atoms with Crippen LogP contribution in [0.25, 0.3) is 0 Å². The zero-order valence-corrected chi connectivity index (χ0v) is 16.4. The summed E-state index contributed by atoms with van der Waals surface area (Å²) in [6, 6.07) is 3.61. The Labute approximate surface area is 158 Å². The summed E-state index contributed by atoms with van der Waals surface area (Å²) in [5.74, 6) is 1.51. The average molecular weight is 381 g/mol. The van der Waals surface area contributed by atoms with Crippen molar-refractivity contribution in [2.24, 2.45) is 0 Å². The number of hydrogen-bond donors (Lipinski definition) is 0. The van der Waals surface area contributed by atoms with Crippen LogP contribution < -0.4 is 0 Å². The molecule has 5 nitrogen and oxygen atoms in total. The molecule has 0 spiro atoms. The molecule has 2 aromatic rings. The van der Waals surface area contributed by atoms with Gasteiger partial charge >= 0.3 is 0 Å². The summed E-state index contributed by atoms with van der Waals surface area (Å²) >= 11 is 7.33. The van der Waals surface area contributed by atoms with E-state index in [1.165, 1.54) is 11.3 Å². The summed E-state index contributed by atoms with van der Waals surface area (Å²) in [6.07, 6.45) is 7.13. The van der Waals surface area contributed by atoms with Crippen LogP contribution in [0.1, 0.15) is 40.7 Å². The van der Waals surface area contributed by atoms with E-state index < -0.39 is 0 Å². The van der Waals surface area contributed by atoms with Crippen LogP contribution in [0.4, 0.5) is 0 Å². The van der Waals surface area contributed by atoms with Gasteiger partial charge in [-0.3, -0.25) is 4.79 Å². The predicted molar refractivity (Wildman–Crippen MR) is 103 cm³/mol. The number of piperidine rings is 1. The van der Waals surface area contributed by atoms with Crippen molar-refractivity contribution in [3.8, 4) is 0 Å². The van der Waals surface area contributed by atoms with E-state index in [0.717, 1.165) is 56.1 Å². The standard InChI is InChI=1S/C18H25ClN4OS/c1-21(2)9-4-11-22-12-8-20-17(22)14-5-3-10-23(13-14)18(24)15-6-7-16(19)25-15/h6-8,12,14H,3-5,9-11,13H2,1-2H3/t14-/m0/s1. The fraction of sp³-hybridized carbons (Fsp3) is 0.556. The van der Waals surface area contributed by atoms with Crippen molar-refractivity contribution in [3.63, 3.8) is 0 Å². The van der Waals surface area contributed by atoms with Crippen LogP contribution in [-0.2, 0) is 6.54 Å². The summed E-state index contributed by atoms with van der Waals surface area (Å²) in [5.41, 5.74) is 0. The Kier molecular flexibility index (Phi) is 6.15. The Balaban J connectivity index is 1.65. The third-order valence-electron chi connectivity index (χ3n) is 4.61. The van der Waals surface area contributed by atoms with Gasteiger partial charge in [0.25, 0.3) is 5.91 Å². The molecular weight excluding hydrogens is 356 g/mol. The number of aromatic nitrogens is 2. The molecule has 1 aliphatic rings. The van der Waals surface area contributed by atoms with Gasteiger partial charge in [0.2, 0.25) is 0 Å². The van der Waals surface area contributed by atoms with E-state index in [2.05, 4.69) is 34.7 Å². The number of likely N-dealkylation sites (tertiary alicyclic amines) is 1. The van der Waals surface area contributed by atoms with Gasteiger partial charge in [-0.15, -0.1) is 11.3 Å². The topological polar surface area (TPSA) is 41.4 Å². The molecule has 0 unspecified atom stereocenters. The number of nitrogens with zero attached hydrogens (tertiary/aromatic N) is 4. The second-order valence-corrected chi connectivity index (χ2v) is 8.54. The quantitative estimate of drug-likeness (QED) is 0.769. The molecule has 3 rings (SSSR count). The lowest BCUT2D eigenvalue weighted by molar-refractivity contribution is 0.0708. The number of rotatable bonds is 6. The van der Waals surface area contributed by atoms with E-state index >= 15 is 0 Å². The zero-order valence-electron chi connectivity index (χ0n) is 14.8. The van der Waals surface area contributed by atoms with Gasteiger partial charge in [0.1, 0.15) is 5.82 Å². The summed E-state index contributed by atoms with van der Waals surface area (Å²) in [4.78, 5) is 22.2. The van der Waals surface area contributed by atoms with Gasteiger partial charge in [-0.05, 0) is 52.0 Å². The average Bonchev–Trinajstić information content (AvgIpc) is 3.23. The van der Waals surface area contributed by atoms with Crippen molar-refractivity contribution in [1.82, 2.24) is 19.4 Å². The first-order chi connectivity index (χ1) is 12.0. The lowest BCUT2D eigenvalue weighted by Crippen LogP contribution is -2.39. The molecule has 1 atom stereocenters. The van der Waals surface area contributed by atoms with Gasteiger partial charge in [0, 0.05) is 37.9 Å². The predicted octanol–water partition coefficient (Wildman–Crippen LogP) is 3.57.